The third-order valence-corrected chi connectivity index (χ3v) is 2.13. The van der Waals surface area contributed by atoms with Gasteiger partial charge < -0.3 is 9.47 Å². The van der Waals surface area contributed by atoms with Crippen molar-refractivity contribution in [3.8, 4) is 5.75 Å². The fourth-order valence-corrected chi connectivity index (χ4v) is 1.40. The number of carbonyl (C=O) groups excluding carboxylic acids is 2. The average molecular weight is 233 g/mol. The highest BCUT2D eigenvalue weighted by Crippen LogP contribution is 2.16. The van der Waals surface area contributed by atoms with Gasteiger partial charge in [0.1, 0.15) is 5.75 Å². The molecule has 0 saturated carbocycles. The summed E-state index contributed by atoms with van der Waals surface area (Å²) in [6, 6.07) is 7.12. The molecular weight excluding hydrogens is 222 g/mol. The van der Waals surface area contributed by atoms with E-state index in [4.69, 9.17) is 4.74 Å². The summed E-state index contributed by atoms with van der Waals surface area (Å²) in [5, 5.41) is 2.03. The molecule has 1 heterocycles. The largest absolute Gasteiger partial charge is 0.494 e. The molecule has 1 fully saturated rings. The molecule has 1 aliphatic heterocycles. The van der Waals surface area contributed by atoms with Crippen LogP contribution in [0.2, 0.25) is 0 Å². The Morgan fingerprint density at radius 2 is 2.00 bits per heavy atom. The summed E-state index contributed by atoms with van der Waals surface area (Å²) in [6.07, 6.45) is 0.753. The molecular formula is C12H11NO4. The van der Waals surface area contributed by atoms with Crippen LogP contribution < -0.4 is 10.1 Å². The summed E-state index contributed by atoms with van der Waals surface area (Å²) in [5.41, 5.74) is 0.758. The smallest absolute Gasteiger partial charge is 0.419 e. The molecule has 0 radical (unpaired) electrons. The number of hydrogen-bond acceptors (Lipinski definition) is 4. The second-order valence-corrected chi connectivity index (χ2v) is 3.35. The van der Waals surface area contributed by atoms with Crippen molar-refractivity contribution >= 4 is 18.1 Å². The molecule has 0 unspecified atom stereocenters. The van der Waals surface area contributed by atoms with E-state index in [1.165, 1.54) is 6.08 Å². The van der Waals surface area contributed by atoms with E-state index in [0.29, 0.717) is 6.61 Å². The third kappa shape index (κ3) is 2.63. The molecule has 0 aromatic heterocycles. The Bertz CT molecular complexity index is 476. The molecule has 0 aliphatic carbocycles. The number of ether oxygens (including phenoxy) is 2. The second-order valence-electron chi connectivity index (χ2n) is 3.35. The van der Waals surface area contributed by atoms with Crippen LogP contribution in [-0.4, -0.2) is 18.6 Å². The lowest BCUT2D eigenvalue weighted by Gasteiger charge is -2.02. The highest BCUT2D eigenvalue weighted by Gasteiger charge is 2.25. The zero-order valence-corrected chi connectivity index (χ0v) is 9.23. The average Bonchev–Trinajstić information content (AvgIpc) is 2.61. The SMILES string of the molecule is CCOc1ccc(C=C2OC(=O)NC2=O)cc1. The second kappa shape index (κ2) is 4.69. The standard InChI is InChI=1S/C12H11NO4/c1-2-16-9-5-3-8(4-6-9)7-10-11(14)13-12(15)17-10/h3-7H,2H2,1H3,(H,13,14,15). The van der Waals surface area contributed by atoms with Crippen molar-refractivity contribution in [2.24, 2.45) is 0 Å². The molecule has 5 nitrogen and oxygen atoms in total. The van der Waals surface area contributed by atoms with Gasteiger partial charge in [0.05, 0.1) is 6.61 Å². The van der Waals surface area contributed by atoms with Gasteiger partial charge in [-0.3, -0.25) is 10.1 Å². The van der Waals surface area contributed by atoms with Crippen molar-refractivity contribution in [1.82, 2.24) is 5.32 Å². The number of nitrogens with one attached hydrogen (secondary N) is 1. The Balaban J connectivity index is 2.16. The van der Waals surface area contributed by atoms with Crippen LogP contribution in [0.15, 0.2) is 30.0 Å². The minimum atomic E-state index is -0.743. The molecule has 1 aromatic carbocycles. The number of rotatable bonds is 3. The molecule has 0 spiro atoms. The Labute approximate surface area is 98.0 Å². The normalized spacial score (nSPS) is 16.9. The van der Waals surface area contributed by atoms with Crippen LogP contribution in [-0.2, 0) is 9.53 Å². The van der Waals surface area contributed by atoms with Gasteiger partial charge in [0.15, 0.2) is 5.76 Å². The number of alkyl carbamates (subject to hydrolysis) is 1. The zero-order valence-electron chi connectivity index (χ0n) is 9.23. The predicted octanol–water partition coefficient (Wildman–Crippen LogP) is 1.69. The fourth-order valence-electron chi connectivity index (χ4n) is 1.40. The first-order chi connectivity index (χ1) is 8.19. The van der Waals surface area contributed by atoms with E-state index >= 15 is 0 Å². The van der Waals surface area contributed by atoms with Gasteiger partial charge in [0, 0.05) is 0 Å². The van der Waals surface area contributed by atoms with E-state index < -0.39 is 12.0 Å². The van der Waals surface area contributed by atoms with Crippen molar-refractivity contribution in [3.05, 3.63) is 35.6 Å². The fraction of sp³-hybridized carbons (Fsp3) is 0.167. The number of imide groups is 1. The zero-order chi connectivity index (χ0) is 12.3. The molecule has 1 aromatic rings. The van der Waals surface area contributed by atoms with Crippen LogP contribution in [0.5, 0.6) is 5.75 Å². The van der Waals surface area contributed by atoms with Crippen LogP contribution in [0.25, 0.3) is 6.08 Å². The summed E-state index contributed by atoms with van der Waals surface area (Å²) < 4.78 is 9.97. The maximum Gasteiger partial charge on any atom is 0.419 e. The summed E-state index contributed by atoms with van der Waals surface area (Å²) in [4.78, 5) is 22.0. The van der Waals surface area contributed by atoms with Gasteiger partial charge in [-0.25, -0.2) is 4.79 Å². The summed E-state index contributed by atoms with van der Waals surface area (Å²) in [7, 11) is 0. The number of benzene rings is 1. The number of cyclic esters (lactones) is 1. The lowest BCUT2D eigenvalue weighted by atomic mass is 10.2. The molecule has 2 rings (SSSR count). The molecule has 17 heavy (non-hydrogen) atoms. The topological polar surface area (TPSA) is 64.6 Å². The van der Waals surface area contributed by atoms with Gasteiger partial charge in [-0.1, -0.05) is 12.1 Å². The van der Waals surface area contributed by atoms with Gasteiger partial charge in [0.2, 0.25) is 0 Å². The quantitative estimate of drug-likeness (QED) is 0.807. The first kappa shape index (κ1) is 11.2. The van der Waals surface area contributed by atoms with Crippen molar-refractivity contribution in [1.29, 1.82) is 0 Å². The van der Waals surface area contributed by atoms with Gasteiger partial charge in [0.25, 0.3) is 5.91 Å². The third-order valence-electron chi connectivity index (χ3n) is 2.13. The van der Waals surface area contributed by atoms with Crippen LogP contribution in [0.4, 0.5) is 4.79 Å². The van der Waals surface area contributed by atoms with Crippen molar-refractivity contribution in [2.45, 2.75) is 6.92 Å². The van der Waals surface area contributed by atoms with Crippen LogP contribution in [0.1, 0.15) is 12.5 Å². The molecule has 88 valence electrons. The molecule has 1 saturated heterocycles. The molecule has 5 heteroatoms. The van der Waals surface area contributed by atoms with Crippen LogP contribution >= 0.6 is 0 Å². The van der Waals surface area contributed by atoms with E-state index in [0.717, 1.165) is 11.3 Å². The predicted molar refractivity (Wildman–Crippen MR) is 60.2 cm³/mol. The van der Waals surface area contributed by atoms with E-state index in [2.05, 4.69) is 4.74 Å². The van der Waals surface area contributed by atoms with E-state index in [1.54, 1.807) is 24.3 Å². The molecule has 0 atom stereocenters. The maximum atomic E-state index is 11.2. The Morgan fingerprint density at radius 1 is 1.29 bits per heavy atom. The molecule has 1 aliphatic rings. The van der Waals surface area contributed by atoms with Gasteiger partial charge >= 0.3 is 6.09 Å². The van der Waals surface area contributed by atoms with Crippen molar-refractivity contribution < 1.29 is 19.1 Å². The lowest BCUT2D eigenvalue weighted by Crippen LogP contribution is -2.18. The van der Waals surface area contributed by atoms with Crippen molar-refractivity contribution in [2.75, 3.05) is 6.61 Å². The van der Waals surface area contributed by atoms with Crippen LogP contribution in [0.3, 0.4) is 0 Å². The van der Waals surface area contributed by atoms with Gasteiger partial charge in [-0.2, -0.15) is 0 Å². The van der Waals surface area contributed by atoms with E-state index in [1.807, 2.05) is 12.2 Å². The summed E-state index contributed by atoms with van der Waals surface area (Å²) in [5.74, 6) is 0.227. The Kier molecular flexibility index (Phi) is 3.09. The molecule has 0 bridgehead atoms. The maximum absolute atomic E-state index is 11.2. The number of amides is 2. The van der Waals surface area contributed by atoms with Gasteiger partial charge in [-0.15, -0.1) is 0 Å². The summed E-state index contributed by atoms with van der Waals surface area (Å²) >= 11 is 0. The summed E-state index contributed by atoms with van der Waals surface area (Å²) in [6.45, 7) is 2.50. The van der Waals surface area contributed by atoms with Gasteiger partial charge in [-0.05, 0) is 30.7 Å². The first-order valence-electron chi connectivity index (χ1n) is 5.17. The minimum Gasteiger partial charge on any atom is -0.494 e. The minimum absolute atomic E-state index is 0.000778. The molecule has 1 N–H and O–H groups in total. The highest BCUT2D eigenvalue weighted by molar-refractivity contribution is 6.09. The Morgan fingerprint density at radius 3 is 2.53 bits per heavy atom. The molecule has 2 amide bonds. The number of carbonyl (C=O) groups is 2. The number of hydrogen-bond donors (Lipinski definition) is 1. The van der Waals surface area contributed by atoms with E-state index in [9.17, 15) is 9.59 Å². The highest BCUT2D eigenvalue weighted by atomic mass is 16.6. The lowest BCUT2D eigenvalue weighted by molar-refractivity contribution is -0.116. The Hall–Kier alpha value is -2.30. The monoisotopic (exact) mass is 233 g/mol. The first-order valence-corrected chi connectivity index (χ1v) is 5.17. The van der Waals surface area contributed by atoms with E-state index in [-0.39, 0.29) is 5.76 Å². The van der Waals surface area contributed by atoms with Crippen molar-refractivity contribution in [3.63, 3.8) is 0 Å². The van der Waals surface area contributed by atoms with Crippen LogP contribution in [0, 0.1) is 0 Å².